The number of ketones is 1. The molecule has 1 aliphatic carbocycles. The lowest BCUT2D eigenvalue weighted by molar-refractivity contribution is -0.128. The zero-order chi connectivity index (χ0) is 13.7. The van der Waals surface area contributed by atoms with E-state index in [9.17, 15) is 19.5 Å². The minimum absolute atomic E-state index is 0.117. The van der Waals surface area contributed by atoms with Crippen LogP contribution < -0.4 is 5.32 Å². The van der Waals surface area contributed by atoms with Crippen LogP contribution in [0.1, 0.15) is 6.42 Å². The van der Waals surface area contributed by atoms with E-state index >= 15 is 0 Å². The van der Waals surface area contributed by atoms with Crippen molar-refractivity contribution < 1.29 is 19.5 Å². The molecule has 0 spiro atoms. The summed E-state index contributed by atoms with van der Waals surface area (Å²) in [6.07, 6.45) is 1.10. The number of imide groups is 1. The molecule has 0 aromatic rings. The molecule has 2 atom stereocenters. The first-order chi connectivity index (χ1) is 8.27. The second-order valence-corrected chi connectivity index (χ2v) is 6.38. The van der Waals surface area contributed by atoms with Gasteiger partial charge in [-0.15, -0.1) is 0 Å². The number of hydrogen-bond acceptors (Lipinski definition) is 4. The fourth-order valence-electron chi connectivity index (χ4n) is 1.87. The first-order valence-electron chi connectivity index (χ1n) is 4.82. The van der Waals surface area contributed by atoms with E-state index in [2.05, 4.69) is 53.1 Å². The molecule has 2 rings (SSSR count). The van der Waals surface area contributed by atoms with Crippen molar-refractivity contribution in [3.63, 3.8) is 0 Å². The van der Waals surface area contributed by atoms with Gasteiger partial charge in [0.2, 0.25) is 17.6 Å². The average Bonchev–Trinajstić information content (AvgIpc) is 2.64. The van der Waals surface area contributed by atoms with Crippen LogP contribution in [0.5, 0.6) is 0 Å². The number of nitrogens with one attached hydrogen (secondary N) is 1. The first kappa shape index (κ1) is 14.1. The molecule has 1 aliphatic heterocycles. The summed E-state index contributed by atoms with van der Waals surface area (Å²) >= 11 is 9.19. The SMILES string of the molecule is O=C1CC(C2(O)C=C(Br)C(=O)C(Br)=C2Br)C(=O)N1. The van der Waals surface area contributed by atoms with E-state index in [1.807, 2.05) is 0 Å². The number of rotatable bonds is 1. The highest BCUT2D eigenvalue weighted by Gasteiger charge is 2.50. The van der Waals surface area contributed by atoms with Crippen LogP contribution in [0.4, 0.5) is 0 Å². The monoisotopic (exact) mass is 441 g/mol. The van der Waals surface area contributed by atoms with Crippen LogP contribution in [0, 0.1) is 5.92 Å². The van der Waals surface area contributed by atoms with Gasteiger partial charge in [-0.25, -0.2) is 0 Å². The molecule has 0 aromatic heterocycles. The molecule has 0 saturated carbocycles. The lowest BCUT2D eigenvalue weighted by Gasteiger charge is -2.32. The first-order valence-corrected chi connectivity index (χ1v) is 7.20. The smallest absolute Gasteiger partial charge is 0.233 e. The Morgan fingerprint density at radius 1 is 1.28 bits per heavy atom. The Bertz CT molecular complexity index is 539. The standard InChI is InChI=1S/C10H6Br3NO4/c11-4-2-10(18,8(13)6(12)7(4)16)3-1-5(15)14-9(3)17/h2-3,18H,1H2,(H,14,15,17). The second kappa shape index (κ2) is 4.66. The zero-order valence-corrected chi connectivity index (χ0v) is 13.4. The number of amides is 2. The number of carbonyl (C=O) groups is 3. The fraction of sp³-hybridized carbons (Fsp3) is 0.300. The van der Waals surface area contributed by atoms with Crippen LogP contribution in [0.15, 0.2) is 19.5 Å². The Hall–Kier alpha value is -0.310. The third-order valence-electron chi connectivity index (χ3n) is 2.81. The highest BCUT2D eigenvalue weighted by molar-refractivity contribution is 9.14. The summed E-state index contributed by atoms with van der Waals surface area (Å²) in [5.74, 6) is -2.33. The van der Waals surface area contributed by atoms with Gasteiger partial charge in [-0.1, -0.05) is 15.9 Å². The molecule has 96 valence electrons. The van der Waals surface area contributed by atoms with Gasteiger partial charge in [0.15, 0.2) is 0 Å². The number of carbonyl (C=O) groups excluding carboxylic acids is 3. The molecule has 18 heavy (non-hydrogen) atoms. The second-order valence-electron chi connectivity index (χ2n) is 3.94. The predicted molar refractivity (Wildman–Crippen MR) is 73.1 cm³/mol. The Labute approximate surface area is 127 Å². The molecule has 1 fully saturated rings. The quantitative estimate of drug-likeness (QED) is 0.597. The minimum atomic E-state index is -1.72. The molecule has 2 aliphatic rings. The summed E-state index contributed by atoms with van der Waals surface area (Å²) in [5, 5.41) is 12.7. The topological polar surface area (TPSA) is 83.5 Å². The molecule has 8 heteroatoms. The molecule has 0 radical (unpaired) electrons. The fourth-order valence-corrected chi connectivity index (χ4v) is 3.78. The van der Waals surface area contributed by atoms with Crippen molar-refractivity contribution in [2.45, 2.75) is 12.0 Å². The molecule has 2 N–H and O–H groups in total. The maximum Gasteiger partial charge on any atom is 0.233 e. The van der Waals surface area contributed by atoms with Crippen LogP contribution in [0.3, 0.4) is 0 Å². The molecule has 2 unspecified atom stereocenters. The van der Waals surface area contributed by atoms with Gasteiger partial charge in [-0.2, -0.15) is 0 Å². The third-order valence-corrected chi connectivity index (χ3v) is 5.72. The van der Waals surface area contributed by atoms with E-state index in [1.165, 1.54) is 6.08 Å². The van der Waals surface area contributed by atoms with Crippen LogP contribution in [0.2, 0.25) is 0 Å². The van der Waals surface area contributed by atoms with Crippen molar-refractivity contribution in [3.05, 3.63) is 19.5 Å². The van der Waals surface area contributed by atoms with Gasteiger partial charge < -0.3 is 5.11 Å². The molecule has 1 heterocycles. The predicted octanol–water partition coefficient (Wildman–Crippen LogP) is 1.24. The molecule has 0 bridgehead atoms. The zero-order valence-electron chi connectivity index (χ0n) is 8.67. The highest BCUT2D eigenvalue weighted by Crippen LogP contribution is 2.44. The number of aliphatic hydroxyl groups is 1. The summed E-state index contributed by atoms with van der Waals surface area (Å²) in [4.78, 5) is 34.5. The van der Waals surface area contributed by atoms with Gasteiger partial charge in [0.05, 0.1) is 14.9 Å². The van der Waals surface area contributed by atoms with Crippen molar-refractivity contribution in [2.75, 3.05) is 0 Å². The van der Waals surface area contributed by atoms with E-state index in [0.717, 1.165) is 0 Å². The van der Waals surface area contributed by atoms with Crippen LogP contribution in [0.25, 0.3) is 0 Å². The van der Waals surface area contributed by atoms with Crippen molar-refractivity contribution in [1.29, 1.82) is 0 Å². The van der Waals surface area contributed by atoms with Gasteiger partial charge in [0.25, 0.3) is 0 Å². The Kier molecular flexibility index (Phi) is 3.65. The minimum Gasteiger partial charge on any atom is -0.380 e. The Balaban J connectivity index is 2.51. The molecular weight excluding hydrogens is 438 g/mol. The number of Topliss-reactive ketones (excluding diaryl/α,β-unsaturated/α-hetero) is 1. The van der Waals surface area contributed by atoms with Gasteiger partial charge >= 0.3 is 0 Å². The maximum atomic E-state index is 11.7. The van der Waals surface area contributed by atoms with Crippen molar-refractivity contribution in [3.8, 4) is 0 Å². The summed E-state index contributed by atoms with van der Waals surface area (Å²) in [7, 11) is 0. The van der Waals surface area contributed by atoms with Crippen LogP contribution in [-0.4, -0.2) is 28.3 Å². The van der Waals surface area contributed by atoms with E-state index < -0.39 is 23.3 Å². The lowest BCUT2D eigenvalue weighted by Crippen LogP contribution is -2.43. The summed E-state index contributed by atoms with van der Waals surface area (Å²) in [6.45, 7) is 0. The molecule has 2 amide bonds. The highest BCUT2D eigenvalue weighted by atomic mass is 79.9. The van der Waals surface area contributed by atoms with Gasteiger partial charge in [0, 0.05) is 10.9 Å². The molecule has 5 nitrogen and oxygen atoms in total. The third kappa shape index (κ3) is 2.04. The van der Waals surface area contributed by atoms with Crippen molar-refractivity contribution >= 4 is 65.4 Å². The number of halogens is 3. The number of hydrogen-bond donors (Lipinski definition) is 2. The van der Waals surface area contributed by atoms with Crippen LogP contribution >= 0.6 is 47.8 Å². The van der Waals surface area contributed by atoms with E-state index in [4.69, 9.17) is 0 Å². The molecular formula is C10H6Br3NO4. The Morgan fingerprint density at radius 3 is 2.39 bits per heavy atom. The van der Waals surface area contributed by atoms with E-state index in [0.29, 0.717) is 0 Å². The normalized spacial score (nSPS) is 32.8. The molecule has 1 saturated heterocycles. The largest absolute Gasteiger partial charge is 0.380 e. The van der Waals surface area contributed by atoms with Crippen molar-refractivity contribution in [1.82, 2.24) is 5.32 Å². The summed E-state index contributed by atoms with van der Waals surface area (Å²) < 4.78 is 0.386. The van der Waals surface area contributed by atoms with Crippen molar-refractivity contribution in [2.24, 2.45) is 5.92 Å². The maximum absolute atomic E-state index is 11.7. The van der Waals surface area contributed by atoms with Gasteiger partial charge in [-0.05, 0) is 37.9 Å². The number of allylic oxidation sites excluding steroid dienone is 2. The van der Waals surface area contributed by atoms with Crippen LogP contribution in [-0.2, 0) is 14.4 Å². The Morgan fingerprint density at radius 2 is 1.89 bits per heavy atom. The van der Waals surface area contributed by atoms with E-state index in [1.54, 1.807) is 0 Å². The van der Waals surface area contributed by atoms with Gasteiger partial charge in [-0.3, -0.25) is 19.7 Å². The summed E-state index contributed by atoms with van der Waals surface area (Å²) in [6, 6.07) is 0. The summed E-state index contributed by atoms with van der Waals surface area (Å²) in [5.41, 5.74) is -1.72. The molecule has 0 aromatic carbocycles. The lowest BCUT2D eigenvalue weighted by atomic mass is 9.83. The van der Waals surface area contributed by atoms with E-state index in [-0.39, 0.29) is 25.7 Å². The average molecular weight is 444 g/mol. The van der Waals surface area contributed by atoms with Gasteiger partial charge in [0.1, 0.15) is 5.60 Å².